The summed E-state index contributed by atoms with van der Waals surface area (Å²) in [6.45, 7) is 3.24. The van der Waals surface area contributed by atoms with Gasteiger partial charge in [-0.15, -0.1) is 0 Å². The van der Waals surface area contributed by atoms with E-state index in [-0.39, 0.29) is 11.9 Å². The molecule has 0 bridgehead atoms. The van der Waals surface area contributed by atoms with Crippen LogP contribution in [0.4, 0.5) is 0 Å². The number of rotatable bonds is 5. The summed E-state index contributed by atoms with van der Waals surface area (Å²) in [6.07, 6.45) is 4.14. The van der Waals surface area contributed by atoms with Crippen molar-refractivity contribution in [1.29, 1.82) is 0 Å². The molecular formula is C12H18ClN3O. The van der Waals surface area contributed by atoms with Crippen LogP contribution >= 0.6 is 11.6 Å². The van der Waals surface area contributed by atoms with Gasteiger partial charge in [0.25, 0.3) is 5.91 Å². The Morgan fingerprint density at radius 1 is 1.71 bits per heavy atom. The molecule has 1 aromatic heterocycles. The number of halogens is 1. The highest BCUT2D eigenvalue weighted by molar-refractivity contribution is 6.31. The average Bonchev–Trinajstić information content (AvgIpc) is 3.09. The third-order valence-electron chi connectivity index (χ3n) is 3.16. The van der Waals surface area contributed by atoms with Gasteiger partial charge in [0.1, 0.15) is 5.69 Å². The molecule has 1 heterocycles. The molecule has 94 valence electrons. The molecule has 4 nitrogen and oxygen atoms in total. The van der Waals surface area contributed by atoms with Crippen molar-refractivity contribution in [2.45, 2.75) is 32.4 Å². The normalized spacial score (nSPS) is 16.9. The Kier molecular flexibility index (Phi) is 3.74. The number of nitrogens with one attached hydrogen (secondary N) is 1. The number of carbonyl (C=O) groups excluding carboxylic acids is 1. The molecule has 1 fully saturated rings. The van der Waals surface area contributed by atoms with Crippen LogP contribution in [0.15, 0.2) is 12.3 Å². The highest BCUT2D eigenvalue weighted by Gasteiger charge is 2.28. The molecule has 0 radical (unpaired) electrons. The van der Waals surface area contributed by atoms with Crippen LogP contribution in [0, 0.1) is 5.92 Å². The van der Waals surface area contributed by atoms with Gasteiger partial charge >= 0.3 is 0 Å². The lowest BCUT2D eigenvalue weighted by molar-refractivity contribution is 0.0941. The van der Waals surface area contributed by atoms with Crippen LogP contribution in [0.1, 0.15) is 30.3 Å². The van der Waals surface area contributed by atoms with Gasteiger partial charge in [-0.3, -0.25) is 4.79 Å². The predicted octanol–water partition coefficient (Wildman–Crippen LogP) is 1.63. The molecule has 1 aliphatic rings. The fourth-order valence-electron chi connectivity index (χ4n) is 1.92. The van der Waals surface area contributed by atoms with Gasteiger partial charge in [0.05, 0.1) is 5.02 Å². The highest BCUT2D eigenvalue weighted by Crippen LogP contribution is 2.31. The number of amides is 1. The van der Waals surface area contributed by atoms with Crippen molar-refractivity contribution in [3.05, 3.63) is 23.0 Å². The molecule has 0 saturated heterocycles. The quantitative estimate of drug-likeness (QED) is 0.840. The molecule has 0 aromatic carbocycles. The Labute approximate surface area is 106 Å². The fraction of sp³-hybridized carbons (Fsp3) is 0.583. The maximum atomic E-state index is 11.9. The number of hydrogen-bond donors (Lipinski definition) is 2. The van der Waals surface area contributed by atoms with Crippen LogP contribution < -0.4 is 11.1 Å². The van der Waals surface area contributed by atoms with Gasteiger partial charge in [0, 0.05) is 25.3 Å². The molecule has 1 aliphatic carbocycles. The van der Waals surface area contributed by atoms with E-state index in [0.29, 0.717) is 23.2 Å². The number of nitrogens with zero attached hydrogens (tertiary/aromatic N) is 1. The van der Waals surface area contributed by atoms with Crippen molar-refractivity contribution in [1.82, 2.24) is 9.88 Å². The van der Waals surface area contributed by atoms with E-state index < -0.39 is 0 Å². The number of aromatic nitrogens is 1. The lowest BCUT2D eigenvalue weighted by atomic mass is 10.2. The predicted molar refractivity (Wildman–Crippen MR) is 68.1 cm³/mol. The summed E-state index contributed by atoms with van der Waals surface area (Å²) in [4.78, 5) is 11.9. The minimum atomic E-state index is -0.102. The zero-order valence-corrected chi connectivity index (χ0v) is 10.7. The number of aryl methyl sites for hydroxylation is 1. The second kappa shape index (κ2) is 5.10. The molecule has 1 unspecified atom stereocenters. The molecule has 1 aromatic rings. The molecule has 17 heavy (non-hydrogen) atoms. The van der Waals surface area contributed by atoms with E-state index in [0.717, 1.165) is 6.54 Å². The highest BCUT2D eigenvalue weighted by atomic mass is 35.5. The van der Waals surface area contributed by atoms with Gasteiger partial charge in [-0.05, 0) is 31.7 Å². The van der Waals surface area contributed by atoms with Crippen LogP contribution in [0.2, 0.25) is 5.02 Å². The molecule has 2 rings (SSSR count). The van der Waals surface area contributed by atoms with Crippen LogP contribution in [0.5, 0.6) is 0 Å². The summed E-state index contributed by atoms with van der Waals surface area (Å²) >= 11 is 5.89. The Morgan fingerprint density at radius 3 is 3.00 bits per heavy atom. The fourth-order valence-corrected chi connectivity index (χ4v) is 2.14. The summed E-state index contributed by atoms with van der Waals surface area (Å²) in [6, 6.07) is 1.77. The van der Waals surface area contributed by atoms with Crippen molar-refractivity contribution in [2.24, 2.45) is 11.7 Å². The van der Waals surface area contributed by atoms with E-state index >= 15 is 0 Å². The third kappa shape index (κ3) is 3.01. The maximum absolute atomic E-state index is 11.9. The minimum Gasteiger partial charge on any atom is -0.349 e. The molecule has 1 amide bonds. The lowest BCUT2D eigenvalue weighted by Crippen LogP contribution is -2.39. The zero-order chi connectivity index (χ0) is 12.4. The van der Waals surface area contributed by atoms with Gasteiger partial charge in [-0.25, -0.2) is 0 Å². The third-order valence-corrected chi connectivity index (χ3v) is 3.37. The van der Waals surface area contributed by atoms with E-state index in [1.54, 1.807) is 12.3 Å². The summed E-state index contributed by atoms with van der Waals surface area (Å²) in [5.41, 5.74) is 6.53. The van der Waals surface area contributed by atoms with Crippen molar-refractivity contribution in [2.75, 3.05) is 6.54 Å². The molecule has 0 spiro atoms. The molecule has 5 heteroatoms. The van der Waals surface area contributed by atoms with Gasteiger partial charge < -0.3 is 15.6 Å². The second-order valence-corrected chi connectivity index (χ2v) is 4.98. The molecule has 3 N–H and O–H groups in total. The van der Waals surface area contributed by atoms with Gasteiger partial charge in [0.15, 0.2) is 0 Å². The van der Waals surface area contributed by atoms with E-state index in [2.05, 4.69) is 5.32 Å². The van der Waals surface area contributed by atoms with Crippen molar-refractivity contribution in [3.63, 3.8) is 0 Å². The van der Waals surface area contributed by atoms with Crippen LogP contribution in [0.3, 0.4) is 0 Å². The molecule has 0 aliphatic heterocycles. The first-order valence-electron chi connectivity index (χ1n) is 6.01. The zero-order valence-electron chi connectivity index (χ0n) is 9.95. The number of carbonyl (C=O) groups is 1. The number of nitrogens with two attached hydrogens (primary N) is 1. The summed E-state index contributed by atoms with van der Waals surface area (Å²) in [5.74, 6) is 0.492. The molecular weight excluding hydrogens is 238 g/mol. The van der Waals surface area contributed by atoms with Crippen LogP contribution in [0.25, 0.3) is 0 Å². The lowest BCUT2D eigenvalue weighted by Gasteiger charge is -2.12. The minimum absolute atomic E-state index is 0.0828. The first-order valence-corrected chi connectivity index (χ1v) is 6.39. The largest absolute Gasteiger partial charge is 0.349 e. The first-order chi connectivity index (χ1) is 8.11. The topological polar surface area (TPSA) is 60.0 Å². The van der Waals surface area contributed by atoms with E-state index in [1.807, 2.05) is 11.5 Å². The van der Waals surface area contributed by atoms with Crippen LogP contribution in [-0.4, -0.2) is 23.1 Å². The monoisotopic (exact) mass is 255 g/mol. The Morgan fingerprint density at radius 2 is 2.41 bits per heavy atom. The van der Waals surface area contributed by atoms with E-state index in [1.165, 1.54) is 12.8 Å². The van der Waals surface area contributed by atoms with Crippen molar-refractivity contribution < 1.29 is 4.79 Å². The van der Waals surface area contributed by atoms with Gasteiger partial charge in [-0.2, -0.15) is 0 Å². The number of hydrogen-bond acceptors (Lipinski definition) is 2. The standard InChI is InChI=1S/C12H18ClN3O/c1-2-16-7-9(13)5-11(16)12(17)15-6-10(14)8-3-4-8/h5,7-8,10H,2-4,6,14H2,1H3,(H,15,17). The smallest absolute Gasteiger partial charge is 0.268 e. The SMILES string of the molecule is CCn1cc(Cl)cc1C(=O)NCC(N)C1CC1. The van der Waals surface area contributed by atoms with Crippen molar-refractivity contribution in [3.8, 4) is 0 Å². The van der Waals surface area contributed by atoms with Gasteiger partial charge in [0.2, 0.25) is 0 Å². The molecule has 1 atom stereocenters. The Hall–Kier alpha value is -1.00. The Bertz CT molecular complexity index is 412. The van der Waals surface area contributed by atoms with Gasteiger partial charge in [-0.1, -0.05) is 11.6 Å². The van der Waals surface area contributed by atoms with E-state index in [9.17, 15) is 4.79 Å². The van der Waals surface area contributed by atoms with Crippen molar-refractivity contribution >= 4 is 17.5 Å². The van der Waals surface area contributed by atoms with E-state index in [4.69, 9.17) is 17.3 Å². The van der Waals surface area contributed by atoms with Crippen LogP contribution in [-0.2, 0) is 6.54 Å². The summed E-state index contributed by atoms with van der Waals surface area (Å²) in [7, 11) is 0. The summed E-state index contributed by atoms with van der Waals surface area (Å²) in [5, 5.41) is 3.45. The Balaban J connectivity index is 1.93. The summed E-state index contributed by atoms with van der Waals surface area (Å²) < 4.78 is 1.83. The first kappa shape index (κ1) is 12.5. The average molecular weight is 256 g/mol. The second-order valence-electron chi connectivity index (χ2n) is 4.54. The molecule has 1 saturated carbocycles. The maximum Gasteiger partial charge on any atom is 0.268 e.